The Balaban J connectivity index is 1.25. The van der Waals surface area contributed by atoms with Gasteiger partial charge in [0.1, 0.15) is 30.5 Å². The molecule has 4 rings (SSSR count). The van der Waals surface area contributed by atoms with Crippen molar-refractivity contribution < 1.29 is 23.5 Å². The van der Waals surface area contributed by atoms with Gasteiger partial charge in [0, 0.05) is 11.3 Å². The number of benzene rings is 3. The zero-order valence-corrected chi connectivity index (χ0v) is 20.6. The molecule has 8 nitrogen and oxygen atoms in total. The van der Waals surface area contributed by atoms with E-state index < -0.39 is 5.91 Å². The second-order valence-corrected chi connectivity index (χ2v) is 8.16. The van der Waals surface area contributed by atoms with Crippen molar-refractivity contribution in [3.63, 3.8) is 0 Å². The van der Waals surface area contributed by atoms with Gasteiger partial charge in [0.25, 0.3) is 11.8 Å². The lowest BCUT2D eigenvalue weighted by atomic mass is 10.2. The van der Waals surface area contributed by atoms with E-state index in [1.165, 1.54) is 0 Å². The molecule has 3 N–H and O–H groups in total. The van der Waals surface area contributed by atoms with Crippen LogP contribution >= 0.6 is 12.2 Å². The number of carbonyl (C=O) groups excluding carboxylic acids is 2. The number of nitrogens with one attached hydrogen (secondary N) is 3. The molecule has 0 saturated heterocycles. The van der Waals surface area contributed by atoms with E-state index in [2.05, 4.69) is 16.0 Å². The lowest BCUT2D eigenvalue weighted by molar-refractivity contribution is 0.0945. The van der Waals surface area contributed by atoms with Gasteiger partial charge in [-0.1, -0.05) is 30.3 Å². The maximum atomic E-state index is 12.8. The molecule has 0 aliphatic heterocycles. The van der Waals surface area contributed by atoms with Crippen LogP contribution in [0.3, 0.4) is 0 Å². The molecule has 0 fully saturated rings. The topological polar surface area (TPSA) is 102 Å². The minimum atomic E-state index is -0.411. The molecule has 0 saturated carbocycles. The third-order valence-electron chi connectivity index (χ3n) is 5.12. The highest BCUT2D eigenvalue weighted by molar-refractivity contribution is 7.80. The molecule has 1 aromatic heterocycles. The Morgan fingerprint density at radius 3 is 2.27 bits per heavy atom. The first-order valence-electron chi connectivity index (χ1n) is 11.5. The predicted octanol–water partition coefficient (Wildman–Crippen LogP) is 4.79. The average Bonchev–Trinajstić information content (AvgIpc) is 3.45. The first kappa shape index (κ1) is 25.5. The first-order valence-corrected chi connectivity index (χ1v) is 11.9. The minimum absolute atomic E-state index is 0.113. The summed E-state index contributed by atoms with van der Waals surface area (Å²) in [5, 5.41) is 8.50. The van der Waals surface area contributed by atoms with Crippen molar-refractivity contribution in [2.75, 3.05) is 18.5 Å². The van der Waals surface area contributed by atoms with Crippen LogP contribution in [0.15, 0.2) is 102 Å². The fourth-order valence-corrected chi connectivity index (χ4v) is 3.54. The summed E-state index contributed by atoms with van der Waals surface area (Å²) in [6.45, 7) is 0.896. The van der Waals surface area contributed by atoms with Gasteiger partial charge in [-0.3, -0.25) is 14.9 Å². The maximum absolute atomic E-state index is 12.8. The van der Waals surface area contributed by atoms with E-state index in [1.807, 2.05) is 30.3 Å². The molecule has 0 spiro atoms. The molecule has 3 aromatic carbocycles. The summed E-state index contributed by atoms with van der Waals surface area (Å²) in [4.78, 5) is 25.1. The number of amides is 2. The summed E-state index contributed by atoms with van der Waals surface area (Å²) in [5.41, 5.74) is 1.44. The van der Waals surface area contributed by atoms with Crippen molar-refractivity contribution in [1.82, 2.24) is 10.6 Å². The molecular weight excluding hydrogens is 490 g/mol. The largest absolute Gasteiger partial charge is 0.490 e. The van der Waals surface area contributed by atoms with E-state index >= 15 is 0 Å². The van der Waals surface area contributed by atoms with Crippen molar-refractivity contribution in [2.45, 2.75) is 6.54 Å². The highest BCUT2D eigenvalue weighted by Crippen LogP contribution is 2.18. The average molecular weight is 516 g/mol. The fraction of sp³-hybridized carbons (Fsp3) is 0.107. The van der Waals surface area contributed by atoms with Crippen molar-refractivity contribution in [2.24, 2.45) is 0 Å². The zero-order chi connectivity index (χ0) is 25.9. The number of furan rings is 1. The first-order chi connectivity index (χ1) is 18.1. The van der Waals surface area contributed by atoms with E-state index in [9.17, 15) is 9.59 Å². The maximum Gasteiger partial charge on any atom is 0.261 e. The lowest BCUT2D eigenvalue weighted by Gasteiger charge is -2.13. The number of ether oxygens (including phenoxy) is 2. The summed E-state index contributed by atoms with van der Waals surface area (Å²) >= 11 is 5.29. The molecule has 1 heterocycles. The van der Waals surface area contributed by atoms with Crippen LogP contribution in [0.2, 0.25) is 0 Å². The summed E-state index contributed by atoms with van der Waals surface area (Å²) in [6.07, 6.45) is 1.55. The van der Waals surface area contributed by atoms with Gasteiger partial charge in [-0.15, -0.1) is 0 Å². The van der Waals surface area contributed by atoms with E-state index in [4.69, 9.17) is 26.1 Å². The number of hydrogen-bond acceptors (Lipinski definition) is 6. The van der Waals surface area contributed by atoms with Crippen LogP contribution in [0.5, 0.6) is 11.5 Å². The number of anilines is 1. The van der Waals surface area contributed by atoms with Crippen molar-refractivity contribution in [1.29, 1.82) is 0 Å². The van der Waals surface area contributed by atoms with Crippen LogP contribution in [0.4, 0.5) is 5.69 Å². The smallest absolute Gasteiger partial charge is 0.261 e. The molecule has 2 amide bonds. The van der Waals surface area contributed by atoms with Crippen LogP contribution in [-0.4, -0.2) is 30.1 Å². The van der Waals surface area contributed by atoms with Crippen LogP contribution in [0.25, 0.3) is 0 Å². The summed E-state index contributed by atoms with van der Waals surface area (Å²) in [6, 6.07) is 26.6. The molecule has 9 heteroatoms. The molecule has 0 radical (unpaired) electrons. The van der Waals surface area contributed by atoms with Gasteiger partial charge in [-0.25, -0.2) is 0 Å². The Labute approximate surface area is 219 Å². The monoisotopic (exact) mass is 515 g/mol. The normalized spacial score (nSPS) is 10.3. The summed E-state index contributed by atoms with van der Waals surface area (Å²) < 4.78 is 16.6. The minimum Gasteiger partial charge on any atom is -0.490 e. The van der Waals surface area contributed by atoms with Crippen LogP contribution < -0.4 is 25.4 Å². The van der Waals surface area contributed by atoms with Gasteiger partial charge in [-0.05, 0) is 72.9 Å². The second-order valence-electron chi connectivity index (χ2n) is 7.75. The van der Waals surface area contributed by atoms with Gasteiger partial charge in [0.15, 0.2) is 5.11 Å². The molecule has 188 valence electrons. The second kappa shape index (κ2) is 12.9. The molecule has 0 aliphatic carbocycles. The van der Waals surface area contributed by atoms with Gasteiger partial charge in [0.2, 0.25) is 0 Å². The number of thiocarbonyl (C=S) groups is 1. The number of carbonyl (C=O) groups is 2. The predicted molar refractivity (Wildman–Crippen MR) is 144 cm³/mol. The lowest BCUT2D eigenvalue weighted by Crippen LogP contribution is -2.34. The SMILES string of the molecule is O=C(NCc1ccco1)c1ccc(NC(=S)NC(=O)c2ccccc2OCCOc2ccccc2)cc1. The zero-order valence-electron chi connectivity index (χ0n) is 19.8. The van der Waals surface area contributed by atoms with Crippen LogP contribution in [-0.2, 0) is 6.54 Å². The van der Waals surface area contributed by atoms with E-state index in [0.29, 0.717) is 41.5 Å². The molecule has 4 aromatic rings. The van der Waals surface area contributed by atoms with Crippen molar-refractivity contribution in [3.05, 3.63) is 114 Å². The Kier molecular flexibility index (Phi) is 8.87. The molecule has 0 aliphatic rings. The number of para-hydroxylation sites is 2. The molecule has 37 heavy (non-hydrogen) atoms. The number of rotatable bonds is 10. The Morgan fingerprint density at radius 1 is 0.784 bits per heavy atom. The standard InChI is InChI=1S/C28H25N3O5S/c32-26(29-19-23-9-6-16-34-23)20-12-14-21(15-13-20)30-28(37)31-27(33)24-10-4-5-11-25(24)36-18-17-35-22-7-2-1-3-8-22/h1-16H,17-19H2,(H,29,32)(H2,30,31,33,37). The molecule has 0 atom stereocenters. The van der Waals surface area contributed by atoms with E-state index in [-0.39, 0.29) is 17.6 Å². The van der Waals surface area contributed by atoms with Crippen molar-refractivity contribution in [3.8, 4) is 11.5 Å². The van der Waals surface area contributed by atoms with Crippen molar-refractivity contribution >= 4 is 34.8 Å². The third-order valence-corrected chi connectivity index (χ3v) is 5.32. The molecule has 0 unspecified atom stereocenters. The van der Waals surface area contributed by atoms with Gasteiger partial charge in [-0.2, -0.15) is 0 Å². The van der Waals surface area contributed by atoms with Gasteiger partial charge in [0.05, 0.1) is 18.4 Å². The van der Waals surface area contributed by atoms with Crippen LogP contribution in [0.1, 0.15) is 26.5 Å². The summed E-state index contributed by atoms with van der Waals surface area (Å²) in [7, 11) is 0. The Morgan fingerprint density at radius 2 is 1.51 bits per heavy atom. The Bertz CT molecular complexity index is 1330. The molecular formula is C28H25N3O5S. The highest BCUT2D eigenvalue weighted by atomic mass is 32.1. The van der Waals surface area contributed by atoms with Crippen LogP contribution in [0, 0.1) is 0 Å². The highest BCUT2D eigenvalue weighted by Gasteiger charge is 2.14. The third kappa shape index (κ3) is 7.68. The van der Waals surface area contributed by atoms with Gasteiger partial charge >= 0.3 is 0 Å². The van der Waals surface area contributed by atoms with Gasteiger partial charge < -0.3 is 24.5 Å². The number of hydrogen-bond donors (Lipinski definition) is 3. The fourth-order valence-electron chi connectivity index (χ4n) is 3.33. The van der Waals surface area contributed by atoms with E-state index in [1.54, 1.807) is 66.9 Å². The quantitative estimate of drug-likeness (QED) is 0.206. The van der Waals surface area contributed by atoms with E-state index in [0.717, 1.165) is 5.75 Å². The Hall–Kier alpha value is -4.63. The summed E-state index contributed by atoms with van der Waals surface area (Å²) in [5.74, 6) is 1.19. The molecule has 0 bridgehead atoms.